The summed E-state index contributed by atoms with van der Waals surface area (Å²) in [7, 11) is 0. The summed E-state index contributed by atoms with van der Waals surface area (Å²) in [6.07, 6.45) is -2.67. The lowest BCUT2D eigenvalue weighted by molar-refractivity contribution is -0.134. The standard InChI is InChI=1S/C21H33N3O6/c1-15(25)24-9-8-23(21(29)17-6-4-5-16(11-17)12-22)7-2-3-10-30-14-19(27)20(28)18(26)13-24/h4-6,11,18-20,26-28H,2-3,7-10,12-14,22H2,1H3/t18-,19+,20+/m0/s1. The van der Waals surface area contributed by atoms with Gasteiger partial charge in [0.15, 0.2) is 0 Å². The monoisotopic (exact) mass is 423 g/mol. The van der Waals surface area contributed by atoms with Gasteiger partial charge in [-0.1, -0.05) is 12.1 Å². The van der Waals surface area contributed by atoms with E-state index in [1.807, 2.05) is 6.07 Å². The van der Waals surface area contributed by atoms with Gasteiger partial charge in [0.1, 0.15) is 18.3 Å². The van der Waals surface area contributed by atoms with Gasteiger partial charge in [0.2, 0.25) is 5.91 Å². The summed E-state index contributed by atoms with van der Waals surface area (Å²) in [5, 5.41) is 30.3. The summed E-state index contributed by atoms with van der Waals surface area (Å²) in [5.74, 6) is -0.450. The highest BCUT2D eigenvalue weighted by atomic mass is 16.5. The van der Waals surface area contributed by atoms with Crippen LogP contribution in [0.25, 0.3) is 0 Å². The van der Waals surface area contributed by atoms with Gasteiger partial charge in [-0.15, -0.1) is 0 Å². The number of nitrogens with zero attached hydrogens (tertiary/aromatic N) is 2. The number of ether oxygens (including phenoxy) is 1. The molecule has 5 N–H and O–H groups in total. The largest absolute Gasteiger partial charge is 0.388 e. The van der Waals surface area contributed by atoms with Crippen molar-refractivity contribution in [2.24, 2.45) is 5.73 Å². The number of hydrogen-bond acceptors (Lipinski definition) is 7. The van der Waals surface area contributed by atoms with Crippen LogP contribution in [0.2, 0.25) is 0 Å². The number of aliphatic hydroxyl groups excluding tert-OH is 3. The van der Waals surface area contributed by atoms with Crippen LogP contribution in [0, 0.1) is 0 Å². The zero-order chi connectivity index (χ0) is 22.1. The van der Waals surface area contributed by atoms with Gasteiger partial charge in [0.25, 0.3) is 5.91 Å². The molecule has 0 unspecified atom stereocenters. The molecule has 0 radical (unpaired) electrons. The zero-order valence-electron chi connectivity index (χ0n) is 17.4. The molecule has 0 saturated carbocycles. The Morgan fingerprint density at radius 1 is 1.10 bits per heavy atom. The third kappa shape index (κ3) is 7.03. The predicted octanol–water partition coefficient (Wildman–Crippen LogP) is -0.671. The second kappa shape index (κ2) is 12.0. The van der Waals surface area contributed by atoms with Crippen molar-refractivity contribution in [2.75, 3.05) is 39.4 Å². The molecule has 0 aromatic heterocycles. The predicted molar refractivity (Wildman–Crippen MR) is 111 cm³/mol. The van der Waals surface area contributed by atoms with Crippen molar-refractivity contribution < 1.29 is 29.6 Å². The topological polar surface area (TPSA) is 137 Å². The summed E-state index contributed by atoms with van der Waals surface area (Å²) in [6.45, 7) is 2.75. The maximum Gasteiger partial charge on any atom is 0.253 e. The van der Waals surface area contributed by atoms with Crippen LogP contribution < -0.4 is 5.73 Å². The van der Waals surface area contributed by atoms with Crippen LogP contribution in [0.1, 0.15) is 35.7 Å². The first-order valence-electron chi connectivity index (χ1n) is 10.3. The number of aliphatic hydroxyl groups is 3. The molecule has 1 saturated heterocycles. The molecule has 1 aliphatic rings. The lowest BCUT2D eigenvalue weighted by atomic mass is 10.1. The average Bonchev–Trinajstić information content (AvgIpc) is 2.74. The molecule has 1 aromatic carbocycles. The molecule has 2 amide bonds. The number of amides is 2. The average molecular weight is 424 g/mol. The SMILES string of the molecule is CC(=O)N1CCN(C(=O)c2cccc(CN)c2)CCCCOC[C@@H](O)[C@H](O)[C@@H](O)C1. The molecule has 1 heterocycles. The molecular weight excluding hydrogens is 390 g/mol. The van der Waals surface area contributed by atoms with Crippen molar-refractivity contribution in [3.63, 3.8) is 0 Å². The molecule has 2 rings (SSSR count). The quantitative estimate of drug-likeness (QED) is 0.495. The van der Waals surface area contributed by atoms with E-state index in [0.29, 0.717) is 38.1 Å². The van der Waals surface area contributed by atoms with E-state index in [-0.39, 0.29) is 38.1 Å². The molecule has 0 aliphatic carbocycles. The summed E-state index contributed by atoms with van der Waals surface area (Å²) >= 11 is 0. The van der Waals surface area contributed by atoms with E-state index in [4.69, 9.17) is 10.5 Å². The van der Waals surface area contributed by atoms with E-state index in [0.717, 1.165) is 5.56 Å². The van der Waals surface area contributed by atoms with Gasteiger partial charge in [-0.2, -0.15) is 0 Å². The van der Waals surface area contributed by atoms with Crippen molar-refractivity contribution in [2.45, 2.75) is 44.6 Å². The van der Waals surface area contributed by atoms with Gasteiger partial charge >= 0.3 is 0 Å². The van der Waals surface area contributed by atoms with Crippen LogP contribution in [0.3, 0.4) is 0 Å². The first kappa shape index (κ1) is 24.2. The fourth-order valence-electron chi connectivity index (χ4n) is 3.35. The van der Waals surface area contributed by atoms with Crippen LogP contribution >= 0.6 is 0 Å². The lowest BCUT2D eigenvalue weighted by Gasteiger charge is -2.31. The maximum atomic E-state index is 13.1. The van der Waals surface area contributed by atoms with Crippen LogP contribution in [-0.4, -0.2) is 94.6 Å². The van der Waals surface area contributed by atoms with Gasteiger partial charge in [-0.25, -0.2) is 0 Å². The Morgan fingerprint density at radius 2 is 1.83 bits per heavy atom. The number of benzene rings is 1. The molecule has 168 valence electrons. The van der Waals surface area contributed by atoms with Crippen molar-refractivity contribution in [3.8, 4) is 0 Å². The number of β-amino-alcohol motifs (C(OH)–C–C–N with tert-alkyl or cyclic N) is 1. The van der Waals surface area contributed by atoms with E-state index in [1.54, 1.807) is 23.1 Å². The van der Waals surface area contributed by atoms with Gasteiger partial charge in [0.05, 0.1) is 6.61 Å². The first-order valence-corrected chi connectivity index (χ1v) is 10.3. The zero-order valence-corrected chi connectivity index (χ0v) is 17.4. The van der Waals surface area contributed by atoms with E-state index in [2.05, 4.69) is 0 Å². The minimum absolute atomic E-state index is 0.118. The van der Waals surface area contributed by atoms with Crippen LogP contribution in [0.4, 0.5) is 0 Å². The number of carbonyl (C=O) groups is 2. The summed E-state index contributed by atoms with van der Waals surface area (Å²) < 4.78 is 5.38. The Balaban J connectivity index is 2.16. The molecule has 0 bridgehead atoms. The van der Waals surface area contributed by atoms with Gasteiger partial charge in [0, 0.05) is 51.8 Å². The molecule has 0 spiro atoms. The summed E-state index contributed by atoms with van der Waals surface area (Å²) in [4.78, 5) is 28.1. The fraction of sp³-hybridized carbons (Fsp3) is 0.619. The lowest BCUT2D eigenvalue weighted by Crippen LogP contribution is -2.49. The molecule has 30 heavy (non-hydrogen) atoms. The molecule has 3 atom stereocenters. The Kier molecular flexibility index (Phi) is 9.67. The van der Waals surface area contributed by atoms with Crippen molar-refractivity contribution in [3.05, 3.63) is 35.4 Å². The van der Waals surface area contributed by atoms with E-state index < -0.39 is 18.3 Å². The minimum Gasteiger partial charge on any atom is -0.388 e. The van der Waals surface area contributed by atoms with Crippen LogP contribution in [0.15, 0.2) is 24.3 Å². The Morgan fingerprint density at radius 3 is 2.53 bits per heavy atom. The number of carbonyl (C=O) groups excluding carboxylic acids is 2. The van der Waals surface area contributed by atoms with E-state index >= 15 is 0 Å². The van der Waals surface area contributed by atoms with Gasteiger partial charge < -0.3 is 35.6 Å². The molecule has 1 fully saturated rings. The maximum absolute atomic E-state index is 13.1. The number of hydrogen-bond donors (Lipinski definition) is 4. The Labute approximate surface area is 177 Å². The molecular formula is C21H33N3O6. The molecule has 9 nitrogen and oxygen atoms in total. The van der Waals surface area contributed by atoms with E-state index in [1.165, 1.54) is 11.8 Å². The van der Waals surface area contributed by atoms with Crippen LogP contribution in [-0.2, 0) is 16.1 Å². The second-order valence-electron chi connectivity index (χ2n) is 7.57. The third-order valence-corrected chi connectivity index (χ3v) is 5.23. The van der Waals surface area contributed by atoms with E-state index in [9.17, 15) is 24.9 Å². The van der Waals surface area contributed by atoms with Crippen LogP contribution in [0.5, 0.6) is 0 Å². The summed E-state index contributed by atoms with van der Waals surface area (Å²) in [5.41, 5.74) is 7.07. The first-order chi connectivity index (χ1) is 14.3. The minimum atomic E-state index is -1.44. The van der Waals surface area contributed by atoms with Crippen molar-refractivity contribution >= 4 is 11.8 Å². The fourth-order valence-corrected chi connectivity index (χ4v) is 3.35. The highest BCUT2D eigenvalue weighted by molar-refractivity contribution is 5.94. The van der Waals surface area contributed by atoms with Gasteiger partial charge in [-0.3, -0.25) is 9.59 Å². The van der Waals surface area contributed by atoms with Gasteiger partial charge in [-0.05, 0) is 30.5 Å². The Hall–Kier alpha value is -2.04. The second-order valence-corrected chi connectivity index (χ2v) is 7.57. The number of nitrogens with two attached hydrogens (primary N) is 1. The number of rotatable bonds is 2. The Bertz CT molecular complexity index is 701. The summed E-state index contributed by atoms with van der Waals surface area (Å²) in [6, 6.07) is 7.15. The van der Waals surface area contributed by atoms with Crippen molar-refractivity contribution in [1.82, 2.24) is 9.80 Å². The normalized spacial score (nSPS) is 24.9. The van der Waals surface area contributed by atoms with Crippen molar-refractivity contribution in [1.29, 1.82) is 0 Å². The smallest absolute Gasteiger partial charge is 0.253 e. The molecule has 1 aromatic rings. The highest BCUT2D eigenvalue weighted by Crippen LogP contribution is 2.12. The molecule has 1 aliphatic heterocycles. The highest BCUT2D eigenvalue weighted by Gasteiger charge is 2.28. The third-order valence-electron chi connectivity index (χ3n) is 5.23. The molecule has 9 heteroatoms.